The van der Waals surface area contributed by atoms with Gasteiger partial charge in [0.2, 0.25) is 0 Å². The van der Waals surface area contributed by atoms with Crippen molar-refractivity contribution in [2.75, 3.05) is 26.2 Å². The molecule has 0 spiro atoms. The summed E-state index contributed by atoms with van der Waals surface area (Å²) in [4.78, 5) is 2.34. The van der Waals surface area contributed by atoms with Gasteiger partial charge in [0.1, 0.15) is 0 Å². The van der Waals surface area contributed by atoms with E-state index in [-0.39, 0.29) is 0 Å². The number of β-amino-alcohol motifs (C(OH)–C–C–N with tert-alkyl or cyclic N) is 1. The van der Waals surface area contributed by atoms with Crippen LogP contribution >= 0.6 is 0 Å². The standard InChI is InChI=1S/C20H26N2O/c23-20(16-21-13-11-18-7-3-1-4-8-18)12-14-22(17-20)15-19-9-5-2-6-10-19/h1-10,21,23H,11-17H2. The van der Waals surface area contributed by atoms with E-state index in [0.717, 1.165) is 39.0 Å². The summed E-state index contributed by atoms with van der Waals surface area (Å²) in [5.74, 6) is 0. The highest BCUT2D eigenvalue weighted by Crippen LogP contribution is 2.22. The van der Waals surface area contributed by atoms with E-state index in [0.29, 0.717) is 6.54 Å². The highest BCUT2D eigenvalue weighted by Gasteiger charge is 2.35. The maximum atomic E-state index is 10.7. The molecule has 1 aliphatic heterocycles. The lowest BCUT2D eigenvalue weighted by molar-refractivity contribution is 0.0487. The predicted molar refractivity (Wildman–Crippen MR) is 94.3 cm³/mol. The molecule has 23 heavy (non-hydrogen) atoms. The first-order chi connectivity index (χ1) is 11.2. The Kier molecular flexibility index (Phi) is 5.44. The van der Waals surface area contributed by atoms with Crippen molar-refractivity contribution in [1.29, 1.82) is 0 Å². The fourth-order valence-corrected chi connectivity index (χ4v) is 3.26. The van der Waals surface area contributed by atoms with E-state index in [1.165, 1.54) is 11.1 Å². The van der Waals surface area contributed by atoms with E-state index in [2.05, 4.69) is 58.7 Å². The summed E-state index contributed by atoms with van der Waals surface area (Å²) >= 11 is 0. The van der Waals surface area contributed by atoms with Gasteiger partial charge < -0.3 is 10.4 Å². The first-order valence-electron chi connectivity index (χ1n) is 8.47. The number of rotatable bonds is 7. The third-order valence-corrected chi connectivity index (χ3v) is 4.55. The average Bonchev–Trinajstić information content (AvgIpc) is 2.95. The van der Waals surface area contributed by atoms with Crippen molar-refractivity contribution in [2.45, 2.75) is 25.0 Å². The molecule has 1 saturated heterocycles. The maximum Gasteiger partial charge on any atom is 0.0909 e. The van der Waals surface area contributed by atoms with Gasteiger partial charge in [-0.15, -0.1) is 0 Å². The van der Waals surface area contributed by atoms with Gasteiger partial charge in [-0.05, 0) is 30.5 Å². The molecule has 2 aromatic carbocycles. The molecule has 1 aliphatic rings. The van der Waals surface area contributed by atoms with Crippen LogP contribution in [0.3, 0.4) is 0 Å². The maximum absolute atomic E-state index is 10.7. The van der Waals surface area contributed by atoms with Gasteiger partial charge in [-0.3, -0.25) is 4.90 Å². The molecule has 122 valence electrons. The Balaban J connectivity index is 1.40. The number of nitrogens with one attached hydrogen (secondary N) is 1. The minimum absolute atomic E-state index is 0.592. The molecule has 0 aromatic heterocycles. The molecule has 0 amide bonds. The van der Waals surface area contributed by atoms with E-state index < -0.39 is 5.60 Å². The molecule has 0 bridgehead atoms. The van der Waals surface area contributed by atoms with Gasteiger partial charge in [-0.2, -0.15) is 0 Å². The zero-order valence-corrected chi connectivity index (χ0v) is 13.6. The van der Waals surface area contributed by atoms with Crippen LogP contribution in [0.25, 0.3) is 0 Å². The van der Waals surface area contributed by atoms with Crippen LogP contribution in [0.4, 0.5) is 0 Å². The first kappa shape index (κ1) is 16.2. The van der Waals surface area contributed by atoms with Gasteiger partial charge in [-0.1, -0.05) is 60.7 Å². The van der Waals surface area contributed by atoms with E-state index >= 15 is 0 Å². The van der Waals surface area contributed by atoms with Crippen LogP contribution < -0.4 is 5.32 Å². The van der Waals surface area contributed by atoms with Gasteiger partial charge in [0.05, 0.1) is 5.60 Å². The summed E-state index contributed by atoms with van der Waals surface area (Å²) in [6, 6.07) is 21.0. The molecule has 0 aliphatic carbocycles. The van der Waals surface area contributed by atoms with Gasteiger partial charge in [0, 0.05) is 26.2 Å². The molecule has 1 unspecified atom stereocenters. The average molecular weight is 310 g/mol. The van der Waals surface area contributed by atoms with Crippen molar-refractivity contribution in [3.8, 4) is 0 Å². The minimum atomic E-state index is -0.592. The second kappa shape index (κ2) is 7.73. The molecule has 1 fully saturated rings. The zero-order valence-electron chi connectivity index (χ0n) is 13.6. The number of hydrogen-bond donors (Lipinski definition) is 2. The second-order valence-electron chi connectivity index (χ2n) is 6.58. The fraction of sp³-hybridized carbons (Fsp3) is 0.400. The van der Waals surface area contributed by atoms with Crippen LogP contribution in [0.1, 0.15) is 17.5 Å². The molecule has 2 aromatic rings. The number of nitrogens with zero attached hydrogens (tertiary/aromatic N) is 1. The normalized spacial score (nSPS) is 21.6. The van der Waals surface area contributed by atoms with Crippen LogP contribution in [0.2, 0.25) is 0 Å². The zero-order chi connectivity index (χ0) is 16.0. The van der Waals surface area contributed by atoms with Gasteiger partial charge in [0.25, 0.3) is 0 Å². The summed E-state index contributed by atoms with van der Waals surface area (Å²) < 4.78 is 0. The van der Waals surface area contributed by atoms with Gasteiger partial charge >= 0.3 is 0 Å². The molecular weight excluding hydrogens is 284 g/mol. The van der Waals surface area contributed by atoms with Crippen LogP contribution in [0.15, 0.2) is 60.7 Å². The summed E-state index contributed by atoms with van der Waals surface area (Å²) in [5, 5.41) is 14.2. The molecule has 3 heteroatoms. The van der Waals surface area contributed by atoms with E-state index in [4.69, 9.17) is 0 Å². The van der Waals surface area contributed by atoms with Crippen molar-refractivity contribution >= 4 is 0 Å². The third kappa shape index (κ3) is 4.90. The van der Waals surface area contributed by atoms with Crippen molar-refractivity contribution in [2.24, 2.45) is 0 Å². The van der Waals surface area contributed by atoms with Crippen LogP contribution in [0.5, 0.6) is 0 Å². The molecule has 3 rings (SSSR count). The molecule has 0 saturated carbocycles. The Bertz CT molecular complexity index is 587. The lowest BCUT2D eigenvalue weighted by atomic mass is 10.0. The lowest BCUT2D eigenvalue weighted by Gasteiger charge is -2.24. The van der Waals surface area contributed by atoms with E-state index in [1.807, 2.05) is 12.1 Å². The van der Waals surface area contributed by atoms with Crippen molar-refractivity contribution in [1.82, 2.24) is 10.2 Å². The fourth-order valence-electron chi connectivity index (χ4n) is 3.26. The minimum Gasteiger partial charge on any atom is -0.387 e. The van der Waals surface area contributed by atoms with Crippen molar-refractivity contribution in [3.05, 3.63) is 71.8 Å². The molecular formula is C20H26N2O. The van der Waals surface area contributed by atoms with Crippen LogP contribution in [0, 0.1) is 0 Å². The smallest absolute Gasteiger partial charge is 0.0909 e. The molecule has 2 N–H and O–H groups in total. The number of benzene rings is 2. The Morgan fingerprint density at radius 2 is 1.61 bits per heavy atom. The molecule has 0 radical (unpaired) electrons. The molecule has 3 nitrogen and oxygen atoms in total. The van der Waals surface area contributed by atoms with Crippen molar-refractivity contribution in [3.63, 3.8) is 0 Å². The second-order valence-corrected chi connectivity index (χ2v) is 6.58. The topological polar surface area (TPSA) is 35.5 Å². The van der Waals surface area contributed by atoms with Crippen LogP contribution in [-0.4, -0.2) is 41.8 Å². The number of aliphatic hydroxyl groups is 1. The SMILES string of the molecule is OC1(CNCCc2ccccc2)CCN(Cc2ccccc2)C1. The van der Waals surface area contributed by atoms with Gasteiger partial charge in [-0.25, -0.2) is 0 Å². The lowest BCUT2D eigenvalue weighted by Crippen LogP contribution is -2.43. The highest BCUT2D eigenvalue weighted by atomic mass is 16.3. The van der Waals surface area contributed by atoms with E-state index in [9.17, 15) is 5.11 Å². The summed E-state index contributed by atoms with van der Waals surface area (Å²) in [6.45, 7) is 4.22. The molecule has 1 atom stereocenters. The quantitative estimate of drug-likeness (QED) is 0.771. The summed E-state index contributed by atoms with van der Waals surface area (Å²) in [5.41, 5.74) is 2.06. The Morgan fingerprint density at radius 1 is 0.957 bits per heavy atom. The Morgan fingerprint density at radius 3 is 2.30 bits per heavy atom. The van der Waals surface area contributed by atoms with E-state index in [1.54, 1.807) is 0 Å². The third-order valence-electron chi connectivity index (χ3n) is 4.55. The first-order valence-corrected chi connectivity index (χ1v) is 8.47. The van der Waals surface area contributed by atoms with Gasteiger partial charge in [0.15, 0.2) is 0 Å². The van der Waals surface area contributed by atoms with Crippen LogP contribution in [-0.2, 0) is 13.0 Å². The number of hydrogen-bond acceptors (Lipinski definition) is 3. The summed E-state index contributed by atoms with van der Waals surface area (Å²) in [6.07, 6.45) is 1.85. The Labute approximate surface area is 139 Å². The number of likely N-dealkylation sites (tertiary alicyclic amines) is 1. The van der Waals surface area contributed by atoms with Crippen molar-refractivity contribution < 1.29 is 5.11 Å². The molecule has 1 heterocycles. The largest absolute Gasteiger partial charge is 0.387 e. The Hall–Kier alpha value is -1.68. The monoisotopic (exact) mass is 310 g/mol. The predicted octanol–water partition coefficient (Wildman–Crippen LogP) is 2.46. The summed E-state index contributed by atoms with van der Waals surface area (Å²) in [7, 11) is 0. The highest BCUT2D eigenvalue weighted by molar-refractivity contribution is 5.16.